The Bertz CT molecular complexity index is 1300. The highest BCUT2D eigenvalue weighted by atomic mass is 35.5. The lowest BCUT2D eigenvalue weighted by atomic mass is 9.95. The Morgan fingerprint density at radius 1 is 1.14 bits per heavy atom. The second kappa shape index (κ2) is 9.67. The lowest BCUT2D eigenvalue weighted by Crippen LogP contribution is -2.33. The second-order valence-electron chi connectivity index (χ2n) is 8.83. The molecule has 0 spiro atoms. The summed E-state index contributed by atoms with van der Waals surface area (Å²) in [5, 5.41) is 9.32. The molecule has 0 radical (unpaired) electrons. The Morgan fingerprint density at radius 2 is 1.74 bits per heavy atom. The molecule has 1 heterocycles. The molecular formula is C23H23Cl2NO8S. The predicted molar refractivity (Wildman–Crippen MR) is 128 cm³/mol. The minimum Gasteiger partial charge on any atom is -0.492 e. The molecule has 188 valence electrons. The number of fused-ring (bicyclic) bond motifs is 1. The maximum absolute atomic E-state index is 13.2. The molecule has 0 aliphatic carbocycles. The number of carboxylic acid groups (broad SMARTS) is 1. The van der Waals surface area contributed by atoms with Gasteiger partial charge in [-0.3, -0.25) is 9.59 Å². The fraction of sp³-hybridized carbons (Fsp3) is 0.348. The number of nitrogens with zero attached hydrogens (tertiary/aromatic N) is 1. The number of hydrogen-bond acceptors (Lipinski definition) is 7. The van der Waals surface area contributed by atoms with E-state index in [0.717, 1.165) is 0 Å². The molecule has 2 aromatic rings. The number of carboxylic acids is 1. The number of carbonyl (C=O) groups is 3. The van der Waals surface area contributed by atoms with Gasteiger partial charge < -0.3 is 14.6 Å². The first kappa shape index (κ1) is 26.8. The van der Waals surface area contributed by atoms with Crippen LogP contribution in [0.15, 0.2) is 35.2 Å². The highest BCUT2D eigenvalue weighted by Gasteiger charge is 2.44. The quantitative estimate of drug-likeness (QED) is 0.479. The molecule has 0 unspecified atom stereocenters. The van der Waals surface area contributed by atoms with Crippen LogP contribution in [0.1, 0.15) is 59.9 Å². The van der Waals surface area contributed by atoms with Crippen LogP contribution in [0.2, 0.25) is 10.0 Å². The Morgan fingerprint density at radius 3 is 2.29 bits per heavy atom. The zero-order valence-electron chi connectivity index (χ0n) is 19.3. The van der Waals surface area contributed by atoms with Gasteiger partial charge in [0.1, 0.15) is 17.3 Å². The number of ether oxygens (including phenoxy) is 2. The lowest BCUT2D eigenvalue weighted by Gasteiger charge is -2.20. The summed E-state index contributed by atoms with van der Waals surface area (Å²) in [7, 11) is -4.40. The van der Waals surface area contributed by atoms with Crippen LogP contribution < -0.4 is 4.74 Å². The molecule has 35 heavy (non-hydrogen) atoms. The summed E-state index contributed by atoms with van der Waals surface area (Å²) >= 11 is 12.0. The van der Waals surface area contributed by atoms with E-state index in [1.165, 1.54) is 44.2 Å². The largest absolute Gasteiger partial charge is 0.492 e. The molecule has 0 saturated heterocycles. The fourth-order valence-electron chi connectivity index (χ4n) is 3.27. The van der Waals surface area contributed by atoms with Crippen molar-refractivity contribution in [3.05, 3.63) is 57.1 Å². The van der Waals surface area contributed by atoms with E-state index < -0.39 is 40.0 Å². The molecule has 3 rings (SSSR count). The highest BCUT2D eigenvalue weighted by molar-refractivity contribution is 7.90. The van der Waals surface area contributed by atoms with Crippen LogP contribution >= 0.6 is 23.2 Å². The van der Waals surface area contributed by atoms with E-state index in [4.69, 9.17) is 32.7 Å². The van der Waals surface area contributed by atoms with Crippen molar-refractivity contribution in [2.75, 3.05) is 13.3 Å². The molecule has 0 aromatic heterocycles. The number of aliphatic carboxylic acids is 1. The van der Waals surface area contributed by atoms with Gasteiger partial charge in [-0.2, -0.15) is 4.31 Å². The molecule has 0 atom stereocenters. The summed E-state index contributed by atoms with van der Waals surface area (Å²) in [5.41, 5.74) is -1.05. The lowest BCUT2D eigenvalue weighted by molar-refractivity contribution is -0.148. The predicted octanol–water partition coefficient (Wildman–Crippen LogP) is 4.57. The van der Waals surface area contributed by atoms with Gasteiger partial charge in [-0.1, -0.05) is 43.1 Å². The summed E-state index contributed by atoms with van der Waals surface area (Å²) < 4.78 is 37.6. The van der Waals surface area contributed by atoms with Crippen molar-refractivity contribution in [2.45, 2.75) is 38.5 Å². The van der Waals surface area contributed by atoms with E-state index in [2.05, 4.69) is 0 Å². The standard InChI is InChI=1S/C23H23Cl2NO8S/c1-12(2)14-8-13(33-10-23(3,4)22(29)30)9-17-18(14)20(27)26(35(17,31)32)11-34-21(28)19-15(24)6-5-7-16(19)25/h5-9,12H,10-11H2,1-4H3,(H,29,30). The fourth-order valence-corrected chi connectivity index (χ4v) is 5.29. The van der Waals surface area contributed by atoms with Crippen molar-refractivity contribution < 1.29 is 37.4 Å². The minimum atomic E-state index is -4.40. The first-order valence-corrected chi connectivity index (χ1v) is 12.6. The normalized spacial score (nSPS) is 14.7. The third-order valence-corrected chi connectivity index (χ3v) is 7.75. The van der Waals surface area contributed by atoms with Crippen LogP contribution in [-0.2, 0) is 19.6 Å². The first-order valence-electron chi connectivity index (χ1n) is 10.4. The van der Waals surface area contributed by atoms with Crippen molar-refractivity contribution >= 4 is 51.1 Å². The van der Waals surface area contributed by atoms with Gasteiger partial charge in [-0.05, 0) is 43.5 Å². The van der Waals surface area contributed by atoms with E-state index in [1.54, 1.807) is 13.8 Å². The number of carbonyl (C=O) groups excluding carboxylic acids is 2. The van der Waals surface area contributed by atoms with Gasteiger partial charge in [0.25, 0.3) is 15.9 Å². The molecule has 1 aliphatic heterocycles. The van der Waals surface area contributed by atoms with Gasteiger partial charge in [0.15, 0.2) is 6.73 Å². The van der Waals surface area contributed by atoms with Gasteiger partial charge in [-0.15, -0.1) is 0 Å². The molecule has 1 N–H and O–H groups in total. The van der Waals surface area contributed by atoms with E-state index in [1.807, 2.05) is 0 Å². The second-order valence-corrected chi connectivity index (χ2v) is 11.5. The SMILES string of the molecule is CC(C)c1cc(OCC(C)(C)C(=O)O)cc2c1C(=O)N(COC(=O)c1c(Cl)cccc1Cl)S2(=O)=O. The van der Waals surface area contributed by atoms with Gasteiger partial charge in [0, 0.05) is 6.07 Å². The third kappa shape index (κ3) is 5.10. The van der Waals surface area contributed by atoms with Gasteiger partial charge in [0.2, 0.25) is 0 Å². The Balaban J connectivity index is 1.93. The molecule has 0 bridgehead atoms. The summed E-state index contributed by atoms with van der Waals surface area (Å²) in [6.45, 7) is 5.34. The number of halogens is 2. The summed E-state index contributed by atoms with van der Waals surface area (Å²) in [4.78, 5) is 36.7. The van der Waals surface area contributed by atoms with E-state index >= 15 is 0 Å². The molecule has 12 heteroatoms. The van der Waals surface area contributed by atoms with Gasteiger partial charge in [0.05, 0.1) is 26.6 Å². The maximum Gasteiger partial charge on any atom is 0.342 e. The Kier molecular flexibility index (Phi) is 7.40. The van der Waals surface area contributed by atoms with Crippen LogP contribution in [-0.4, -0.2) is 49.0 Å². The first-order chi connectivity index (χ1) is 16.2. The number of esters is 1. The summed E-state index contributed by atoms with van der Waals surface area (Å²) in [6, 6.07) is 7.03. The molecule has 0 fully saturated rings. The highest BCUT2D eigenvalue weighted by Crippen LogP contribution is 2.39. The Labute approximate surface area is 212 Å². The maximum atomic E-state index is 13.2. The van der Waals surface area contributed by atoms with Crippen molar-refractivity contribution in [2.24, 2.45) is 5.41 Å². The molecule has 1 aliphatic rings. The van der Waals surface area contributed by atoms with Crippen LogP contribution in [0.4, 0.5) is 0 Å². The van der Waals surface area contributed by atoms with Crippen LogP contribution in [0.5, 0.6) is 5.75 Å². The molecule has 9 nitrogen and oxygen atoms in total. The molecular weight excluding hydrogens is 521 g/mol. The van der Waals surface area contributed by atoms with Crippen molar-refractivity contribution in [3.8, 4) is 5.75 Å². The minimum absolute atomic E-state index is 0.00885. The van der Waals surface area contributed by atoms with Crippen molar-refractivity contribution in [3.63, 3.8) is 0 Å². The van der Waals surface area contributed by atoms with Crippen LogP contribution in [0.3, 0.4) is 0 Å². The van der Waals surface area contributed by atoms with Gasteiger partial charge >= 0.3 is 11.9 Å². The molecule has 2 aromatic carbocycles. The summed E-state index contributed by atoms with van der Waals surface area (Å²) in [6.07, 6.45) is 0. The monoisotopic (exact) mass is 543 g/mol. The number of rotatable bonds is 8. The van der Waals surface area contributed by atoms with Crippen molar-refractivity contribution in [1.29, 1.82) is 0 Å². The molecule has 1 amide bonds. The Hall–Kier alpha value is -2.82. The average Bonchev–Trinajstić information content (AvgIpc) is 2.95. The topological polar surface area (TPSA) is 127 Å². The van der Waals surface area contributed by atoms with Crippen LogP contribution in [0.25, 0.3) is 0 Å². The number of benzene rings is 2. The number of hydrogen-bond donors (Lipinski definition) is 1. The van der Waals surface area contributed by atoms with E-state index in [0.29, 0.717) is 9.87 Å². The summed E-state index contributed by atoms with van der Waals surface area (Å²) in [5.74, 6) is -3.12. The zero-order valence-corrected chi connectivity index (χ0v) is 21.6. The van der Waals surface area contributed by atoms with Crippen molar-refractivity contribution in [1.82, 2.24) is 4.31 Å². The number of amides is 1. The smallest absolute Gasteiger partial charge is 0.342 e. The number of sulfonamides is 1. The van der Waals surface area contributed by atoms with Gasteiger partial charge in [-0.25, -0.2) is 13.2 Å². The zero-order chi connectivity index (χ0) is 26.3. The third-order valence-electron chi connectivity index (χ3n) is 5.40. The van der Waals surface area contributed by atoms with Crippen LogP contribution in [0, 0.1) is 5.41 Å². The molecule has 0 saturated carbocycles. The van der Waals surface area contributed by atoms with E-state index in [9.17, 15) is 27.9 Å². The van der Waals surface area contributed by atoms with E-state index in [-0.39, 0.29) is 44.3 Å². The average molecular weight is 544 g/mol.